The maximum Gasteiger partial charge on any atom is 0.265 e. The Morgan fingerprint density at radius 2 is 2.04 bits per heavy atom. The van der Waals surface area contributed by atoms with Gasteiger partial charge < -0.3 is 4.74 Å². The predicted octanol–water partition coefficient (Wildman–Crippen LogP) is 3.42. The molecule has 1 aliphatic heterocycles. The Hall–Kier alpha value is -2.99. The molecule has 0 bridgehead atoms. The van der Waals surface area contributed by atoms with E-state index in [1.807, 2.05) is 41.8 Å². The minimum absolute atomic E-state index is 0.0142. The molecule has 6 heteroatoms. The summed E-state index contributed by atoms with van der Waals surface area (Å²) in [6.45, 7) is -0.0785. The first-order valence-corrected chi connectivity index (χ1v) is 8.71. The van der Waals surface area contributed by atoms with Crippen LogP contribution in [-0.2, 0) is 4.79 Å². The van der Waals surface area contributed by atoms with Crippen LogP contribution in [0.5, 0.6) is 5.75 Å². The first kappa shape index (κ1) is 15.5. The van der Waals surface area contributed by atoms with Crippen LogP contribution in [0.1, 0.15) is 10.4 Å². The third kappa shape index (κ3) is 3.04. The molecule has 0 N–H and O–H groups in total. The Morgan fingerprint density at radius 3 is 2.80 bits per heavy atom. The molecule has 4 rings (SSSR count). The first-order valence-electron chi connectivity index (χ1n) is 7.76. The molecule has 25 heavy (non-hydrogen) atoms. The first-order chi connectivity index (χ1) is 12.2. The number of rotatable bonds is 4. The number of amides is 1. The van der Waals surface area contributed by atoms with Crippen molar-refractivity contribution in [2.24, 2.45) is 0 Å². The van der Waals surface area contributed by atoms with E-state index in [1.165, 1.54) is 16.2 Å². The van der Waals surface area contributed by atoms with Crippen molar-refractivity contribution in [3.63, 3.8) is 0 Å². The highest BCUT2D eigenvalue weighted by Crippen LogP contribution is 2.36. The number of ketones is 1. The summed E-state index contributed by atoms with van der Waals surface area (Å²) in [6, 6.07) is 14.5. The number of thiazole rings is 1. The van der Waals surface area contributed by atoms with Crippen molar-refractivity contribution in [3.05, 3.63) is 65.0 Å². The Kier molecular flexibility index (Phi) is 4.03. The standard InChI is InChI=1S/C19H14N2O3S/c22-17(13-4-2-1-3-5-13)9-21-16-8-14(15-11-25-12-20-15)6-7-18(16)24-10-19(21)23/h1-8,11-12H,9-10H2. The second-order valence-electron chi connectivity index (χ2n) is 5.61. The normalized spacial score (nSPS) is 13.3. The van der Waals surface area contributed by atoms with Gasteiger partial charge in [0, 0.05) is 16.5 Å². The number of benzene rings is 2. The summed E-state index contributed by atoms with van der Waals surface area (Å²) in [5.41, 5.74) is 4.66. The Bertz CT molecular complexity index is 923. The topological polar surface area (TPSA) is 59.5 Å². The van der Waals surface area contributed by atoms with Crippen molar-refractivity contribution in [1.29, 1.82) is 0 Å². The highest BCUT2D eigenvalue weighted by molar-refractivity contribution is 7.07. The molecule has 0 radical (unpaired) electrons. The van der Waals surface area contributed by atoms with Gasteiger partial charge in [0.25, 0.3) is 5.91 Å². The monoisotopic (exact) mass is 350 g/mol. The van der Waals surface area contributed by atoms with Crippen LogP contribution in [0.3, 0.4) is 0 Å². The van der Waals surface area contributed by atoms with E-state index < -0.39 is 0 Å². The van der Waals surface area contributed by atoms with E-state index >= 15 is 0 Å². The summed E-state index contributed by atoms with van der Waals surface area (Å²) in [7, 11) is 0. The van der Waals surface area contributed by atoms with Crippen molar-refractivity contribution in [1.82, 2.24) is 4.98 Å². The van der Waals surface area contributed by atoms with Crippen molar-refractivity contribution in [2.45, 2.75) is 0 Å². The van der Waals surface area contributed by atoms with Crippen molar-refractivity contribution in [3.8, 4) is 17.0 Å². The molecule has 0 spiro atoms. The molecule has 124 valence electrons. The van der Waals surface area contributed by atoms with Crippen LogP contribution in [0.25, 0.3) is 11.3 Å². The number of aromatic nitrogens is 1. The second kappa shape index (κ2) is 6.49. The lowest BCUT2D eigenvalue weighted by Gasteiger charge is -2.29. The van der Waals surface area contributed by atoms with Crippen LogP contribution < -0.4 is 9.64 Å². The van der Waals surface area contributed by atoms with Crippen molar-refractivity contribution < 1.29 is 14.3 Å². The molecule has 2 heterocycles. The fourth-order valence-corrected chi connectivity index (χ4v) is 3.31. The number of nitrogens with zero attached hydrogens (tertiary/aromatic N) is 2. The number of ether oxygens (including phenoxy) is 1. The number of fused-ring (bicyclic) bond motifs is 1. The molecule has 1 aliphatic rings. The number of carbonyl (C=O) groups excluding carboxylic acids is 2. The van der Waals surface area contributed by atoms with Gasteiger partial charge in [-0.15, -0.1) is 11.3 Å². The molecule has 0 fully saturated rings. The highest BCUT2D eigenvalue weighted by Gasteiger charge is 2.28. The third-order valence-electron chi connectivity index (χ3n) is 4.03. The predicted molar refractivity (Wildman–Crippen MR) is 96.2 cm³/mol. The zero-order valence-corrected chi connectivity index (χ0v) is 14.0. The molecule has 2 aromatic carbocycles. The van der Waals surface area contributed by atoms with E-state index in [-0.39, 0.29) is 24.8 Å². The lowest BCUT2D eigenvalue weighted by atomic mass is 10.1. The van der Waals surface area contributed by atoms with Gasteiger partial charge in [0.1, 0.15) is 5.75 Å². The maximum atomic E-state index is 12.5. The number of hydrogen-bond acceptors (Lipinski definition) is 5. The van der Waals surface area contributed by atoms with E-state index in [0.717, 1.165) is 11.3 Å². The molecule has 0 atom stereocenters. The van der Waals surface area contributed by atoms with Gasteiger partial charge >= 0.3 is 0 Å². The van der Waals surface area contributed by atoms with E-state index in [1.54, 1.807) is 17.6 Å². The Morgan fingerprint density at radius 1 is 1.20 bits per heavy atom. The molecule has 1 amide bonds. The number of anilines is 1. The summed E-state index contributed by atoms with van der Waals surface area (Å²) in [6.07, 6.45) is 0. The lowest BCUT2D eigenvalue weighted by Crippen LogP contribution is -2.42. The summed E-state index contributed by atoms with van der Waals surface area (Å²) in [4.78, 5) is 30.7. The molecule has 0 saturated heterocycles. The van der Waals surface area contributed by atoms with Crippen LogP contribution in [0.2, 0.25) is 0 Å². The fraction of sp³-hybridized carbons (Fsp3) is 0.105. The number of Topliss-reactive ketones (excluding diaryl/α,β-unsaturated/α-hetero) is 1. The zero-order chi connectivity index (χ0) is 17.2. The van der Waals surface area contributed by atoms with Crippen LogP contribution in [0, 0.1) is 0 Å². The maximum absolute atomic E-state index is 12.5. The summed E-state index contributed by atoms with van der Waals surface area (Å²) in [5, 5.41) is 1.94. The van der Waals surface area contributed by atoms with Gasteiger partial charge in [-0.05, 0) is 18.2 Å². The summed E-state index contributed by atoms with van der Waals surface area (Å²) in [5.74, 6) is 0.257. The quantitative estimate of drug-likeness (QED) is 0.677. The fourth-order valence-electron chi connectivity index (χ4n) is 2.75. The Balaban J connectivity index is 1.68. The molecule has 0 unspecified atom stereocenters. The van der Waals surface area contributed by atoms with Crippen molar-refractivity contribution >= 4 is 28.7 Å². The van der Waals surface area contributed by atoms with Gasteiger partial charge in [0.2, 0.25) is 0 Å². The van der Waals surface area contributed by atoms with E-state index in [4.69, 9.17) is 4.74 Å². The molecule has 0 aliphatic carbocycles. The van der Waals surface area contributed by atoms with Crippen LogP contribution in [-0.4, -0.2) is 29.8 Å². The number of hydrogen-bond donors (Lipinski definition) is 0. The summed E-state index contributed by atoms with van der Waals surface area (Å²) < 4.78 is 5.51. The van der Waals surface area contributed by atoms with Gasteiger partial charge in [0.15, 0.2) is 12.4 Å². The van der Waals surface area contributed by atoms with Gasteiger partial charge in [0.05, 0.1) is 23.4 Å². The van der Waals surface area contributed by atoms with Gasteiger partial charge in [-0.1, -0.05) is 30.3 Å². The smallest absolute Gasteiger partial charge is 0.265 e. The minimum Gasteiger partial charge on any atom is -0.482 e. The van der Waals surface area contributed by atoms with E-state index in [9.17, 15) is 9.59 Å². The van der Waals surface area contributed by atoms with Gasteiger partial charge in [-0.3, -0.25) is 14.5 Å². The van der Waals surface area contributed by atoms with Crippen LogP contribution in [0.15, 0.2) is 59.4 Å². The highest BCUT2D eigenvalue weighted by atomic mass is 32.1. The molecule has 5 nitrogen and oxygen atoms in total. The van der Waals surface area contributed by atoms with Crippen molar-refractivity contribution in [2.75, 3.05) is 18.1 Å². The zero-order valence-electron chi connectivity index (χ0n) is 13.2. The Labute approximate surface area is 148 Å². The SMILES string of the molecule is O=C(CN1C(=O)COc2ccc(-c3cscn3)cc21)c1ccccc1. The second-order valence-corrected chi connectivity index (χ2v) is 6.33. The van der Waals surface area contributed by atoms with E-state index in [2.05, 4.69) is 4.98 Å². The number of carbonyl (C=O) groups is 2. The van der Waals surface area contributed by atoms with Crippen LogP contribution >= 0.6 is 11.3 Å². The molecule has 3 aromatic rings. The minimum atomic E-state index is -0.229. The van der Waals surface area contributed by atoms with E-state index in [0.29, 0.717) is 17.0 Å². The molecular weight excluding hydrogens is 336 g/mol. The summed E-state index contributed by atoms with van der Waals surface area (Å²) >= 11 is 1.50. The molecule has 1 aromatic heterocycles. The average Bonchev–Trinajstić information content (AvgIpc) is 3.19. The largest absolute Gasteiger partial charge is 0.482 e. The van der Waals surface area contributed by atoms with Gasteiger partial charge in [-0.2, -0.15) is 0 Å². The lowest BCUT2D eigenvalue weighted by molar-refractivity contribution is -0.121. The van der Waals surface area contributed by atoms with Gasteiger partial charge in [-0.25, -0.2) is 4.98 Å². The molecule has 0 saturated carbocycles. The third-order valence-corrected chi connectivity index (χ3v) is 4.61. The average molecular weight is 350 g/mol. The van der Waals surface area contributed by atoms with Crippen LogP contribution in [0.4, 0.5) is 5.69 Å². The molecular formula is C19H14N2O3S.